The SMILES string of the molecule is O=c1cc(-c2cccc(B(O)O)c2)oc2cc(O)cc(O)c12. The Morgan fingerprint density at radius 2 is 1.77 bits per heavy atom. The minimum Gasteiger partial charge on any atom is -0.508 e. The second-order valence-corrected chi connectivity index (χ2v) is 4.81. The van der Waals surface area contributed by atoms with Crippen LogP contribution in [-0.4, -0.2) is 27.4 Å². The number of phenols is 2. The molecule has 0 spiro atoms. The molecule has 3 rings (SSSR count). The Hall–Kier alpha value is -2.77. The Morgan fingerprint density at radius 3 is 2.50 bits per heavy atom. The average Bonchev–Trinajstić information content (AvgIpc) is 2.46. The molecule has 6 nitrogen and oxygen atoms in total. The lowest BCUT2D eigenvalue weighted by Gasteiger charge is -2.06. The summed E-state index contributed by atoms with van der Waals surface area (Å²) in [5, 5.41) is 37.6. The molecule has 0 saturated carbocycles. The summed E-state index contributed by atoms with van der Waals surface area (Å²) < 4.78 is 5.54. The molecule has 0 aliphatic heterocycles. The number of aromatic hydroxyl groups is 2. The number of phenolic OH excluding ortho intramolecular Hbond substituents is 2. The van der Waals surface area contributed by atoms with Gasteiger partial charge in [-0.3, -0.25) is 4.79 Å². The van der Waals surface area contributed by atoms with Crippen molar-refractivity contribution in [2.75, 3.05) is 0 Å². The van der Waals surface area contributed by atoms with Crippen molar-refractivity contribution in [3.63, 3.8) is 0 Å². The van der Waals surface area contributed by atoms with Gasteiger partial charge in [-0.1, -0.05) is 24.3 Å². The Bertz CT molecular complexity index is 916. The van der Waals surface area contributed by atoms with Crippen molar-refractivity contribution < 1.29 is 24.7 Å². The van der Waals surface area contributed by atoms with Crippen LogP contribution in [0.2, 0.25) is 0 Å². The van der Waals surface area contributed by atoms with E-state index >= 15 is 0 Å². The van der Waals surface area contributed by atoms with Crippen molar-refractivity contribution in [1.29, 1.82) is 0 Å². The van der Waals surface area contributed by atoms with Gasteiger partial charge in [0.15, 0.2) is 5.43 Å². The highest BCUT2D eigenvalue weighted by Crippen LogP contribution is 2.30. The first-order chi connectivity index (χ1) is 10.5. The molecule has 4 N–H and O–H groups in total. The van der Waals surface area contributed by atoms with Gasteiger partial charge >= 0.3 is 7.12 Å². The summed E-state index contributed by atoms with van der Waals surface area (Å²) in [6.07, 6.45) is 0. The number of fused-ring (bicyclic) bond motifs is 1. The fourth-order valence-corrected chi connectivity index (χ4v) is 2.25. The van der Waals surface area contributed by atoms with Gasteiger partial charge in [0.2, 0.25) is 0 Å². The van der Waals surface area contributed by atoms with Crippen molar-refractivity contribution in [3.05, 3.63) is 52.7 Å². The summed E-state index contributed by atoms with van der Waals surface area (Å²) in [5.41, 5.74) is 0.282. The smallest absolute Gasteiger partial charge is 0.488 e. The summed E-state index contributed by atoms with van der Waals surface area (Å²) in [4.78, 5) is 12.1. The van der Waals surface area contributed by atoms with Gasteiger partial charge in [0.25, 0.3) is 0 Å². The molecule has 7 heteroatoms. The molecular formula is C15H11BO6. The lowest BCUT2D eigenvalue weighted by Crippen LogP contribution is -2.29. The van der Waals surface area contributed by atoms with E-state index in [9.17, 15) is 25.1 Å². The van der Waals surface area contributed by atoms with Crippen LogP contribution in [0.25, 0.3) is 22.3 Å². The molecule has 0 bridgehead atoms. The maximum absolute atomic E-state index is 12.1. The zero-order valence-electron chi connectivity index (χ0n) is 11.2. The van der Waals surface area contributed by atoms with Crippen LogP contribution in [0, 0.1) is 0 Å². The largest absolute Gasteiger partial charge is 0.508 e. The van der Waals surface area contributed by atoms with Crippen LogP contribution >= 0.6 is 0 Å². The maximum atomic E-state index is 12.1. The molecule has 0 amide bonds. The van der Waals surface area contributed by atoms with Crippen molar-refractivity contribution in [2.45, 2.75) is 0 Å². The molecule has 0 saturated heterocycles. The summed E-state index contributed by atoms with van der Waals surface area (Å²) in [7, 11) is -1.64. The fraction of sp³-hybridized carbons (Fsp3) is 0. The number of rotatable bonds is 2. The predicted molar refractivity (Wildman–Crippen MR) is 81.1 cm³/mol. The highest BCUT2D eigenvalue weighted by molar-refractivity contribution is 6.58. The first-order valence-corrected chi connectivity index (χ1v) is 6.42. The zero-order valence-corrected chi connectivity index (χ0v) is 11.2. The summed E-state index contributed by atoms with van der Waals surface area (Å²) in [6.45, 7) is 0. The Morgan fingerprint density at radius 1 is 1.00 bits per heavy atom. The van der Waals surface area contributed by atoms with Gasteiger partial charge in [-0.05, 0) is 5.46 Å². The first-order valence-electron chi connectivity index (χ1n) is 6.42. The van der Waals surface area contributed by atoms with Crippen LogP contribution in [0.5, 0.6) is 11.5 Å². The standard InChI is InChI=1S/C15H11BO6/c17-10-5-11(18)15-12(19)7-13(22-14(15)6-10)8-2-1-3-9(4-8)16(20)21/h1-7,17-18,20-21H. The lowest BCUT2D eigenvalue weighted by molar-refractivity contribution is 0.426. The molecule has 110 valence electrons. The Balaban J connectivity index is 2.24. The van der Waals surface area contributed by atoms with E-state index in [0.717, 1.165) is 6.07 Å². The monoisotopic (exact) mass is 298 g/mol. The molecular weight excluding hydrogens is 287 g/mol. The van der Waals surface area contributed by atoms with E-state index in [1.165, 1.54) is 24.3 Å². The van der Waals surface area contributed by atoms with Crippen molar-refractivity contribution in [1.82, 2.24) is 0 Å². The van der Waals surface area contributed by atoms with Crippen LogP contribution in [0.1, 0.15) is 0 Å². The molecule has 0 aliphatic carbocycles. The van der Waals surface area contributed by atoms with Gasteiger partial charge in [-0.15, -0.1) is 0 Å². The first kappa shape index (κ1) is 14.2. The van der Waals surface area contributed by atoms with Crippen LogP contribution in [0.3, 0.4) is 0 Å². The van der Waals surface area contributed by atoms with Crippen molar-refractivity contribution >= 4 is 23.6 Å². The van der Waals surface area contributed by atoms with Gasteiger partial charge in [0.1, 0.15) is 28.2 Å². The third-order valence-electron chi connectivity index (χ3n) is 3.26. The highest BCUT2D eigenvalue weighted by atomic mass is 16.4. The molecule has 0 fully saturated rings. The third kappa shape index (κ3) is 2.43. The molecule has 2 aromatic carbocycles. The van der Waals surface area contributed by atoms with E-state index in [1.807, 2.05) is 0 Å². The molecule has 0 radical (unpaired) electrons. The van der Waals surface area contributed by atoms with Gasteiger partial charge in [-0.25, -0.2) is 0 Å². The van der Waals surface area contributed by atoms with Crippen LogP contribution in [0.15, 0.2) is 51.7 Å². The number of benzene rings is 2. The van der Waals surface area contributed by atoms with E-state index < -0.39 is 12.5 Å². The van der Waals surface area contributed by atoms with E-state index in [0.29, 0.717) is 5.56 Å². The quantitative estimate of drug-likeness (QED) is 0.514. The van der Waals surface area contributed by atoms with Crippen LogP contribution in [-0.2, 0) is 0 Å². The molecule has 3 aromatic rings. The van der Waals surface area contributed by atoms with Crippen molar-refractivity contribution in [3.8, 4) is 22.8 Å². The van der Waals surface area contributed by atoms with Gasteiger partial charge < -0.3 is 24.7 Å². The molecule has 0 unspecified atom stereocenters. The molecule has 0 atom stereocenters. The van der Waals surface area contributed by atoms with E-state index in [2.05, 4.69) is 0 Å². The highest BCUT2D eigenvalue weighted by Gasteiger charge is 2.15. The Kier molecular flexibility index (Phi) is 3.36. The maximum Gasteiger partial charge on any atom is 0.488 e. The Labute approximate surface area is 124 Å². The normalized spacial score (nSPS) is 10.8. The molecule has 1 aromatic heterocycles. The average molecular weight is 298 g/mol. The molecule has 0 aliphatic rings. The summed E-state index contributed by atoms with van der Waals surface area (Å²) in [5.74, 6) is -0.412. The zero-order chi connectivity index (χ0) is 15.9. The predicted octanol–water partition coefficient (Wildman–Crippen LogP) is 0.551. The topological polar surface area (TPSA) is 111 Å². The van der Waals surface area contributed by atoms with E-state index in [-0.39, 0.29) is 33.7 Å². The van der Waals surface area contributed by atoms with Crippen LogP contribution in [0.4, 0.5) is 0 Å². The second-order valence-electron chi connectivity index (χ2n) is 4.81. The van der Waals surface area contributed by atoms with E-state index in [4.69, 9.17) is 4.42 Å². The molecule has 1 heterocycles. The van der Waals surface area contributed by atoms with Crippen LogP contribution < -0.4 is 10.9 Å². The fourth-order valence-electron chi connectivity index (χ4n) is 2.25. The minimum atomic E-state index is -1.64. The number of hydrogen-bond donors (Lipinski definition) is 4. The molecule has 22 heavy (non-hydrogen) atoms. The third-order valence-corrected chi connectivity index (χ3v) is 3.26. The van der Waals surface area contributed by atoms with Gasteiger partial charge in [0, 0.05) is 23.8 Å². The van der Waals surface area contributed by atoms with Gasteiger partial charge in [-0.2, -0.15) is 0 Å². The van der Waals surface area contributed by atoms with Gasteiger partial charge in [0.05, 0.1) is 0 Å². The second kappa shape index (κ2) is 5.21. The summed E-state index contributed by atoms with van der Waals surface area (Å²) >= 11 is 0. The summed E-state index contributed by atoms with van der Waals surface area (Å²) in [6, 6.07) is 9.70. The number of hydrogen-bond acceptors (Lipinski definition) is 6. The minimum absolute atomic E-state index is 0.0279. The van der Waals surface area contributed by atoms with Crippen molar-refractivity contribution in [2.24, 2.45) is 0 Å². The lowest BCUT2D eigenvalue weighted by atomic mass is 9.79. The van der Waals surface area contributed by atoms with E-state index in [1.54, 1.807) is 12.1 Å².